The minimum atomic E-state index is -3.41. The molecule has 8 heteroatoms. The van der Waals surface area contributed by atoms with Gasteiger partial charge in [0, 0.05) is 12.1 Å². The maximum Gasteiger partial charge on any atom is 0.269 e. The molecule has 1 atom stereocenters. The number of benzene rings is 2. The highest BCUT2D eigenvalue weighted by atomic mass is 32.2. The van der Waals surface area contributed by atoms with Gasteiger partial charge in [-0.2, -0.15) is 9.62 Å². The molecular formula is C17H17N3O4S. The Hall–Kier alpha value is -2.92. The highest BCUT2D eigenvalue weighted by Gasteiger charge is 2.24. The first-order valence-electron chi connectivity index (χ1n) is 7.35. The van der Waals surface area contributed by atoms with Gasteiger partial charge in [-0.25, -0.2) is 4.21 Å². The molecule has 2 rings (SSSR count). The van der Waals surface area contributed by atoms with Crippen LogP contribution in [0.25, 0.3) is 0 Å². The second-order valence-electron chi connectivity index (χ2n) is 5.88. The van der Waals surface area contributed by atoms with Crippen LogP contribution in [0.15, 0.2) is 57.8 Å². The summed E-state index contributed by atoms with van der Waals surface area (Å²) >= 11 is 0. The van der Waals surface area contributed by atoms with Crippen LogP contribution < -0.4 is 4.18 Å². The van der Waals surface area contributed by atoms with Gasteiger partial charge in [-0.3, -0.25) is 10.1 Å². The molecule has 0 bridgehead atoms. The molecule has 2 aromatic rings. The summed E-state index contributed by atoms with van der Waals surface area (Å²) in [4.78, 5) is 10.5. The van der Waals surface area contributed by atoms with E-state index in [-0.39, 0.29) is 11.4 Å². The Bertz CT molecular complexity index is 935. The molecule has 0 saturated heterocycles. The second kappa shape index (κ2) is 6.91. The van der Waals surface area contributed by atoms with Gasteiger partial charge in [0.05, 0.1) is 15.9 Å². The fraction of sp³-hybridized carbons (Fsp3) is 0.235. The van der Waals surface area contributed by atoms with Gasteiger partial charge in [0.2, 0.25) is 10.0 Å². The number of nitriles is 1. The van der Waals surface area contributed by atoms with Gasteiger partial charge < -0.3 is 4.18 Å². The van der Waals surface area contributed by atoms with Crippen molar-refractivity contribution in [2.45, 2.75) is 31.2 Å². The molecule has 0 spiro atoms. The summed E-state index contributed by atoms with van der Waals surface area (Å²) < 4.78 is 23.1. The normalized spacial score (nSPS) is 13.4. The zero-order valence-corrected chi connectivity index (χ0v) is 14.8. The first-order valence-corrected chi connectivity index (χ1v) is 8.79. The Balaban J connectivity index is 2.53. The van der Waals surface area contributed by atoms with Gasteiger partial charge in [-0.1, -0.05) is 17.7 Å². The van der Waals surface area contributed by atoms with E-state index >= 15 is 0 Å². The van der Waals surface area contributed by atoms with E-state index in [4.69, 9.17) is 4.18 Å². The number of nitrogens with zero attached hydrogens (tertiary/aromatic N) is 3. The number of hydrogen-bond acceptors (Lipinski definition) is 6. The Kier molecular flexibility index (Phi) is 5.09. The topological polar surface area (TPSA) is 106 Å². The van der Waals surface area contributed by atoms with Crippen LogP contribution in [0.2, 0.25) is 0 Å². The maximum absolute atomic E-state index is 13.4. The molecule has 0 fully saturated rings. The first kappa shape index (κ1) is 18.4. The molecule has 7 nitrogen and oxygen atoms in total. The highest BCUT2D eigenvalue weighted by molar-refractivity contribution is 7.89. The summed E-state index contributed by atoms with van der Waals surface area (Å²) in [7, 11) is -3.41. The molecule has 0 aliphatic rings. The summed E-state index contributed by atoms with van der Waals surface area (Å²) in [6.45, 7) is 4.94. The van der Waals surface area contributed by atoms with E-state index in [1.165, 1.54) is 38.1 Å². The molecule has 25 heavy (non-hydrogen) atoms. The minimum Gasteiger partial charge on any atom is -0.392 e. The molecule has 0 N–H and O–H groups in total. The van der Waals surface area contributed by atoms with Crippen molar-refractivity contribution in [3.8, 4) is 11.8 Å². The third-order valence-electron chi connectivity index (χ3n) is 3.20. The van der Waals surface area contributed by atoms with Gasteiger partial charge in [-0.15, -0.1) is 0 Å². The third kappa shape index (κ3) is 4.55. The van der Waals surface area contributed by atoms with E-state index in [0.29, 0.717) is 4.90 Å². The van der Waals surface area contributed by atoms with Gasteiger partial charge in [-0.05, 0) is 45.0 Å². The molecule has 0 amide bonds. The molecule has 0 aliphatic carbocycles. The number of nitro benzene ring substituents is 1. The van der Waals surface area contributed by atoms with Gasteiger partial charge >= 0.3 is 0 Å². The van der Waals surface area contributed by atoms with Crippen LogP contribution in [0.5, 0.6) is 5.75 Å². The van der Waals surface area contributed by atoms with Crippen molar-refractivity contribution in [3.05, 3.63) is 64.2 Å². The Morgan fingerprint density at radius 3 is 2.20 bits per heavy atom. The predicted octanol–water partition coefficient (Wildman–Crippen LogP) is 4.03. The van der Waals surface area contributed by atoms with E-state index < -0.39 is 20.5 Å². The van der Waals surface area contributed by atoms with Gasteiger partial charge in [0.25, 0.3) is 5.69 Å². The zero-order chi connectivity index (χ0) is 18.7. The van der Waals surface area contributed by atoms with Crippen LogP contribution in [-0.2, 0) is 10.0 Å². The lowest BCUT2D eigenvalue weighted by molar-refractivity contribution is -0.384. The standard InChI is InChI=1S/C17H17N3O4S/c1-13-4-10-16(11-5-13)25(23,19-17(2,3)12-18)24-15-8-6-14(7-9-15)20(21)22/h4-11H,1-3H3/t25-/m0/s1. The Labute approximate surface area is 146 Å². The van der Waals surface area contributed by atoms with E-state index in [2.05, 4.69) is 4.36 Å². The van der Waals surface area contributed by atoms with E-state index in [1.807, 2.05) is 13.0 Å². The first-order chi connectivity index (χ1) is 11.6. The maximum atomic E-state index is 13.4. The number of non-ortho nitro benzene ring substituents is 1. The largest absolute Gasteiger partial charge is 0.392 e. The Morgan fingerprint density at radius 1 is 1.16 bits per heavy atom. The summed E-state index contributed by atoms with van der Waals surface area (Å²) in [5.74, 6) is 0.161. The molecule has 0 heterocycles. The number of hydrogen-bond donors (Lipinski definition) is 0. The average molecular weight is 359 g/mol. The van der Waals surface area contributed by atoms with Crippen molar-refractivity contribution in [1.29, 1.82) is 5.26 Å². The van der Waals surface area contributed by atoms with Crippen LogP contribution in [0, 0.1) is 28.4 Å². The lowest BCUT2D eigenvalue weighted by Crippen LogP contribution is -2.20. The SMILES string of the molecule is Cc1ccc([S@@](=O)(=NC(C)(C)C#N)Oc2ccc([N+](=O)[O-])cc2)cc1. The summed E-state index contributed by atoms with van der Waals surface area (Å²) in [6, 6.07) is 14.0. The van der Waals surface area contributed by atoms with E-state index in [1.54, 1.807) is 24.3 Å². The number of nitro groups is 1. The van der Waals surface area contributed by atoms with Crippen molar-refractivity contribution in [3.63, 3.8) is 0 Å². The molecule has 0 saturated carbocycles. The van der Waals surface area contributed by atoms with Crippen molar-refractivity contribution < 1.29 is 13.3 Å². The fourth-order valence-corrected chi connectivity index (χ4v) is 3.64. The van der Waals surface area contributed by atoms with Crippen LogP contribution in [0.1, 0.15) is 19.4 Å². The van der Waals surface area contributed by atoms with Crippen LogP contribution in [0.3, 0.4) is 0 Å². The third-order valence-corrected chi connectivity index (χ3v) is 5.18. The molecular weight excluding hydrogens is 342 g/mol. The lowest BCUT2D eigenvalue weighted by Gasteiger charge is -2.17. The van der Waals surface area contributed by atoms with Crippen LogP contribution in [-0.4, -0.2) is 14.7 Å². The summed E-state index contributed by atoms with van der Waals surface area (Å²) in [5, 5.41) is 19.9. The molecule has 0 aliphatic heterocycles. The molecule has 0 unspecified atom stereocenters. The molecule has 0 radical (unpaired) electrons. The van der Waals surface area contributed by atoms with E-state index in [9.17, 15) is 19.6 Å². The highest BCUT2D eigenvalue weighted by Crippen LogP contribution is 2.26. The fourth-order valence-electron chi connectivity index (χ4n) is 1.90. The number of rotatable bonds is 5. The molecule has 0 aromatic heterocycles. The summed E-state index contributed by atoms with van der Waals surface area (Å²) in [6.07, 6.45) is 0. The van der Waals surface area contributed by atoms with Crippen molar-refractivity contribution in [2.75, 3.05) is 0 Å². The second-order valence-corrected chi connectivity index (χ2v) is 7.66. The summed E-state index contributed by atoms with van der Waals surface area (Å²) in [5.41, 5.74) is -0.369. The van der Waals surface area contributed by atoms with E-state index in [0.717, 1.165) is 5.56 Å². The monoisotopic (exact) mass is 359 g/mol. The minimum absolute atomic E-state index is 0.108. The van der Waals surface area contributed by atoms with Crippen LogP contribution in [0.4, 0.5) is 5.69 Å². The van der Waals surface area contributed by atoms with Gasteiger partial charge in [0.15, 0.2) is 5.54 Å². The predicted molar refractivity (Wildman–Crippen MR) is 93.4 cm³/mol. The van der Waals surface area contributed by atoms with Crippen molar-refractivity contribution >= 4 is 15.7 Å². The van der Waals surface area contributed by atoms with Crippen LogP contribution >= 0.6 is 0 Å². The quantitative estimate of drug-likeness (QED) is 0.592. The van der Waals surface area contributed by atoms with Crippen molar-refractivity contribution in [2.24, 2.45) is 4.36 Å². The average Bonchev–Trinajstić information content (AvgIpc) is 2.55. The smallest absolute Gasteiger partial charge is 0.269 e. The van der Waals surface area contributed by atoms with Gasteiger partial charge in [0.1, 0.15) is 5.75 Å². The molecule has 2 aromatic carbocycles. The lowest BCUT2D eigenvalue weighted by atomic mass is 10.1. The molecule has 130 valence electrons. The van der Waals surface area contributed by atoms with Crippen molar-refractivity contribution in [1.82, 2.24) is 0 Å². The Morgan fingerprint density at radius 2 is 1.72 bits per heavy atom. The number of aryl methyl sites for hydroxylation is 1. The zero-order valence-electron chi connectivity index (χ0n) is 14.0.